The number of rotatable bonds is 8. The summed E-state index contributed by atoms with van der Waals surface area (Å²) in [4.78, 5) is 4.04. The third-order valence-corrected chi connectivity index (χ3v) is 3.35. The molecule has 0 bridgehead atoms. The quantitative estimate of drug-likeness (QED) is 0.751. The lowest BCUT2D eigenvalue weighted by Crippen LogP contribution is -2.29. The molecule has 0 saturated carbocycles. The molecule has 2 rings (SSSR count). The molecule has 4 nitrogen and oxygen atoms in total. The molecule has 0 radical (unpaired) electrons. The standard InChI is InChI=1S/C16H23N3O/c1-14(12-15-4-6-16(20-2)7-5-15)18-8-3-10-19-11-9-17-13-19/h4-7,9,11,13-14,18H,3,8,10,12H2,1-2H3. The van der Waals surface area contributed by atoms with E-state index >= 15 is 0 Å². The Morgan fingerprint density at radius 3 is 2.75 bits per heavy atom. The number of nitrogens with one attached hydrogen (secondary N) is 1. The lowest BCUT2D eigenvalue weighted by atomic mass is 10.1. The zero-order valence-electron chi connectivity index (χ0n) is 12.2. The monoisotopic (exact) mass is 273 g/mol. The van der Waals surface area contributed by atoms with Crippen molar-refractivity contribution in [3.05, 3.63) is 48.5 Å². The normalized spacial score (nSPS) is 12.3. The summed E-state index contributed by atoms with van der Waals surface area (Å²) in [6, 6.07) is 8.76. The summed E-state index contributed by atoms with van der Waals surface area (Å²) in [5.41, 5.74) is 1.33. The van der Waals surface area contributed by atoms with Crippen molar-refractivity contribution in [3.8, 4) is 5.75 Å². The summed E-state index contributed by atoms with van der Waals surface area (Å²) in [7, 11) is 1.69. The maximum absolute atomic E-state index is 5.17. The summed E-state index contributed by atoms with van der Waals surface area (Å²) in [5.74, 6) is 0.912. The average molecular weight is 273 g/mol. The summed E-state index contributed by atoms with van der Waals surface area (Å²) >= 11 is 0. The van der Waals surface area contributed by atoms with Crippen molar-refractivity contribution in [2.75, 3.05) is 13.7 Å². The highest BCUT2D eigenvalue weighted by Gasteiger charge is 2.03. The van der Waals surface area contributed by atoms with Gasteiger partial charge in [-0.2, -0.15) is 0 Å². The summed E-state index contributed by atoms with van der Waals surface area (Å²) in [5, 5.41) is 3.56. The number of aryl methyl sites for hydroxylation is 1. The number of ether oxygens (including phenoxy) is 1. The largest absolute Gasteiger partial charge is 0.497 e. The van der Waals surface area contributed by atoms with Gasteiger partial charge in [-0.15, -0.1) is 0 Å². The van der Waals surface area contributed by atoms with E-state index in [4.69, 9.17) is 4.74 Å². The third kappa shape index (κ3) is 4.70. The van der Waals surface area contributed by atoms with E-state index in [9.17, 15) is 0 Å². The van der Waals surface area contributed by atoms with E-state index in [0.717, 1.165) is 31.7 Å². The Labute approximate surface area is 120 Å². The Hall–Kier alpha value is -1.81. The van der Waals surface area contributed by atoms with Crippen molar-refractivity contribution in [1.29, 1.82) is 0 Å². The van der Waals surface area contributed by atoms with Gasteiger partial charge in [-0.05, 0) is 44.0 Å². The first-order valence-corrected chi connectivity index (χ1v) is 7.10. The predicted molar refractivity (Wildman–Crippen MR) is 81.0 cm³/mol. The maximum Gasteiger partial charge on any atom is 0.118 e. The van der Waals surface area contributed by atoms with Crippen molar-refractivity contribution in [3.63, 3.8) is 0 Å². The van der Waals surface area contributed by atoms with Crippen LogP contribution < -0.4 is 10.1 Å². The molecule has 4 heteroatoms. The van der Waals surface area contributed by atoms with Gasteiger partial charge < -0.3 is 14.6 Å². The number of aromatic nitrogens is 2. The molecule has 0 amide bonds. The second-order valence-corrected chi connectivity index (χ2v) is 5.06. The van der Waals surface area contributed by atoms with Gasteiger partial charge in [-0.1, -0.05) is 12.1 Å². The van der Waals surface area contributed by atoms with Crippen LogP contribution in [-0.4, -0.2) is 29.2 Å². The van der Waals surface area contributed by atoms with Crippen molar-refractivity contribution >= 4 is 0 Å². The van der Waals surface area contributed by atoms with Crippen molar-refractivity contribution in [2.24, 2.45) is 0 Å². The molecule has 0 aliphatic rings. The van der Waals surface area contributed by atoms with Crippen LogP contribution in [0.4, 0.5) is 0 Å². The molecule has 0 aliphatic heterocycles. The molecule has 0 saturated heterocycles. The minimum absolute atomic E-state index is 0.478. The minimum Gasteiger partial charge on any atom is -0.497 e. The lowest BCUT2D eigenvalue weighted by Gasteiger charge is -2.14. The van der Waals surface area contributed by atoms with Gasteiger partial charge in [0.2, 0.25) is 0 Å². The first kappa shape index (κ1) is 14.6. The number of nitrogens with zero attached hydrogens (tertiary/aromatic N) is 2. The van der Waals surface area contributed by atoms with Gasteiger partial charge in [0.05, 0.1) is 13.4 Å². The fraction of sp³-hybridized carbons (Fsp3) is 0.438. The fourth-order valence-corrected chi connectivity index (χ4v) is 2.22. The molecule has 2 aromatic rings. The van der Waals surface area contributed by atoms with Crippen LogP contribution in [0.15, 0.2) is 43.0 Å². The van der Waals surface area contributed by atoms with Crippen LogP contribution in [0, 0.1) is 0 Å². The van der Waals surface area contributed by atoms with Crippen molar-refractivity contribution in [2.45, 2.75) is 32.4 Å². The Morgan fingerprint density at radius 1 is 1.30 bits per heavy atom. The van der Waals surface area contributed by atoms with Gasteiger partial charge in [-0.3, -0.25) is 0 Å². The third-order valence-electron chi connectivity index (χ3n) is 3.35. The van der Waals surface area contributed by atoms with Crippen LogP contribution in [-0.2, 0) is 13.0 Å². The molecule has 1 aromatic heterocycles. The first-order chi connectivity index (χ1) is 9.78. The Bertz CT molecular complexity index is 479. The Kier molecular flexibility index (Phi) is 5.62. The van der Waals surface area contributed by atoms with E-state index in [1.165, 1.54) is 5.56 Å². The van der Waals surface area contributed by atoms with E-state index < -0.39 is 0 Å². The van der Waals surface area contributed by atoms with Gasteiger partial charge in [-0.25, -0.2) is 4.98 Å². The molecule has 1 atom stereocenters. The minimum atomic E-state index is 0.478. The summed E-state index contributed by atoms with van der Waals surface area (Å²) in [6.07, 6.45) is 7.83. The van der Waals surface area contributed by atoms with Gasteiger partial charge >= 0.3 is 0 Å². The second kappa shape index (κ2) is 7.70. The zero-order chi connectivity index (χ0) is 14.2. The Morgan fingerprint density at radius 2 is 2.10 bits per heavy atom. The molecule has 1 aromatic carbocycles. The van der Waals surface area contributed by atoms with Crippen LogP contribution in [0.1, 0.15) is 18.9 Å². The van der Waals surface area contributed by atoms with Crippen LogP contribution in [0.3, 0.4) is 0 Å². The first-order valence-electron chi connectivity index (χ1n) is 7.10. The topological polar surface area (TPSA) is 39.1 Å². The molecule has 1 N–H and O–H groups in total. The predicted octanol–water partition coefficient (Wildman–Crippen LogP) is 2.50. The van der Waals surface area contributed by atoms with Gasteiger partial charge in [0, 0.05) is 25.0 Å². The van der Waals surface area contributed by atoms with Gasteiger partial charge in [0.15, 0.2) is 0 Å². The smallest absolute Gasteiger partial charge is 0.118 e. The summed E-state index contributed by atoms with van der Waals surface area (Å²) in [6.45, 7) is 4.26. The summed E-state index contributed by atoms with van der Waals surface area (Å²) < 4.78 is 7.27. The molecule has 0 spiro atoms. The number of benzene rings is 1. The van der Waals surface area contributed by atoms with Gasteiger partial charge in [0.25, 0.3) is 0 Å². The number of methoxy groups -OCH3 is 1. The van der Waals surface area contributed by atoms with Crippen LogP contribution in [0.25, 0.3) is 0 Å². The van der Waals surface area contributed by atoms with E-state index in [0.29, 0.717) is 6.04 Å². The van der Waals surface area contributed by atoms with Gasteiger partial charge in [0.1, 0.15) is 5.75 Å². The molecular formula is C16H23N3O. The molecule has 20 heavy (non-hydrogen) atoms. The SMILES string of the molecule is COc1ccc(CC(C)NCCCn2ccnc2)cc1. The second-order valence-electron chi connectivity index (χ2n) is 5.06. The van der Waals surface area contributed by atoms with Crippen LogP contribution in [0.5, 0.6) is 5.75 Å². The molecule has 0 aliphatic carbocycles. The highest BCUT2D eigenvalue weighted by atomic mass is 16.5. The highest BCUT2D eigenvalue weighted by molar-refractivity contribution is 5.27. The van der Waals surface area contributed by atoms with E-state index in [2.05, 4.69) is 33.9 Å². The Balaban J connectivity index is 1.65. The lowest BCUT2D eigenvalue weighted by molar-refractivity contribution is 0.414. The fourth-order valence-electron chi connectivity index (χ4n) is 2.22. The average Bonchev–Trinajstić information content (AvgIpc) is 2.98. The number of imidazole rings is 1. The molecule has 0 fully saturated rings. The van der Waals surface area contributed by atoms with Crippen molar-refractivity contribution < 1.29 is 4.74 Å². The number of hydrogen-bond acceptors (Lipinski definition) is 3. The molecule has 108 valence electrons. The van der Waals surface area contributed by atoms with Crippen molar-refractivity contribution in [1.82, 2.24) is 14.9 Å². The molecule has 1 heterocycles. The number of hydrogen-bond donors (Lipinski definition) is 1. The van der Waals surface area contributed by atoms with E-state index in [1.807, 2.05) is 30.9 Å². The maximum atomic E-state index is 5.17. The zero-order valence-corrected chi connectivity index (χ0v) is 12.2. The molecule has 1 unspecified atom stereocenters. The van der Waals surface area contributed by atoms with E-state index in [-0.39, 0.29) is 0 Å². The molecular weight excluding hydrogens is 250 g/mol. The van der Waals surface area contributed by atoms with E-state index in [1.54, 1.807) is 7.11 Å². The van der Waals surface area contributed by atoms with Crippen LogP contribution >= 0.6 is 0 Å². The van der Waals surface area contributed by atoms with Crippen LogP contribution in [0.2, 0.25) is 0 Å². The highest BCUT2D eigenvalue weighted by Crippen LogP contribution is 2.12.